The highest BCUT2D eigenvalue weighted by Crippen LogP contribution is 2.18. The van der Waals surface area contributed by atoms with Crippen LogP contribution in [0.4, 0.5) is 0 Å². The van der Waals surface area contributed by atoms with E-state index in [2.05, 4.69) is 27.6 Å². The number of aryl methyl sites for hydroxylation is 1. The van der Waals surface area contributed by atoms with Crippen LogP contribution in [0.1, 0.15) is 43.1 Å². The van der Waals surface area contributed by atoms with Gasteiger partial charge in [-0.2, -0.15) is 4.98 Å². The Morgan fingerprint density at radius 1 is 1.30 bits per heavy atom. The Morgan fingerprint density at radius 3 is 2.75 bits per heavy atom. The van der Waals surface area contributed by atoms with Gasteiger partial charge in [-0.1, -0.05) is 42.4 Å². The third-order valence-corrected chi connectivity index (χ3v) is 3.18. The average molecular weight is 275 g/mol. The van der Waals surface area contributed by atoms with Crippen LogP contribution in [0.25, 0.3) is 0 Å². The molecule has 0 saturated heterocycles. The molecule has 0 spiro atoms. The third-order valence-electron chi connectivity index (χ3n) is 3.18. The van der Waals surface area contributed by atoms with Crippen molar-refractivity contribution in [1.82, 2.24) is 15.5 Å². The van der Waals surface area contributed by atoms with Crippen molar-refractivity contribution in [3.8, 4) is 0 Å². The molecule has 0 bridgehead atoms. The number of nitrogens with one attached hydrogen (secondary N) is 1. The van der Waals surface area contributed by atoms with Crippen LogP contribution < -0.4 is 5.32 Å². The molecule has 2 aromatic rings. The van der Waals surface area contributed by atoms with Crippen LogP contribution in [0.3, 0.4) is 0 Å². The Kier molecular flexibility index (Phi) is 5.70. The smallest absolute Gasteiger partial charge is 0.240 e. The first kappa shape index (κ1) is 14.7. The standard InChI is InChI=1S/C15H21N3O2/c1-2-14-17-15(20-18-14)11-16-13(9-6-10-19)12-7-4-3-5-8-12/h3-5,7-8,13,16,19H,2,6,9-11H2,1H3. The molecule has 0 fully saturated rings. The van der Waals surface area contributed by atoms with Crippen LogP contribution in [0.2, 0.25) is 0 Å². The SMILES string of the molecule is CCc1noc(CNC(CCCO)c2ccccc2)n1. The predicted octanol–water partition coefficient (Wildman–Crippen LogP) is 2.24. The highest BCUT2D eigenvalue weighted by atomic mass is 16.5. The first-order valence-corrected chi connectivity index (χ1v) is 7.04. The molecule has 2 N–H and O–H groups in total. The fourth-order valence-electron chi connectivity index (χ4n) is 2.08. The summed E-state index contributed by atoms with van der Waals surface area (Å²) in [7, 11) is 0. The van der Waals surface area contributed by atoms with Crippen LogP contribution >= 0.6 is 0 Å². The minimum Gasteiger partial charge on any atom is -0.396 e. The number of nitrogens with zero attached hydrogens (tertiary/aromatic N) is 2. The Hall–Kier alpha value is -1.72. The molecular formula is C15H21N3O2. The number of aromatic nitrogens is 2. The summed E-state index contributed by atoms with van der Waals surface area (Å²) in [6.07, 6.45) is 2.40. The van der Waals surface area contributed by atoms with E-state index in [0.717, 1.165) is 25.1 Å². The normalized spacial score (nSPS) is 12.5. The van der Waals surface area contributed by atoms with Gasteiger partial charge in [-0.25, -0.2) is 0 Å². The second-order valence-electron chi connectivity index (χ2n) is 4.67. The number of rotatable bonds is 8. The number of hydrogen-bond acceptors (Lipinski definition) is 5. The summed E-state index contributed by atoms with van der Waals surface area (Å²) < 4.78 is 5.17. The van der Waals surface area contributed by atoms with E-state index in [1.54, 1.807) is 0 Å². The maximum atomic E-state index is 9.01. The molecule has 0 radical (unpaired) electrons. The first-order valence-electron chi connectivity index (χ1n) is 7.04. The van der Waals surface area contributed by atoms with Gasteiger partial charge in [-0.3, -0.25) is 0 Å². The monoisotopic (exact) mass is 275 g/mol. The Balaban J connectivity index is 1.97. The minimum absolute atomic E-state index is 0.181. The van der Waals surface area contributed by atoms with E-state index in [-0.39, 0.29) is 12.6 Å². The van der Waals surface area contributed by atoms with Gasteiger partial charge < -0.3 is 14.9 Å². The molecule has 20 heavy (non-hydrogen) atoms. The summed E-state index contributed by atoms with van der Waals surface area (Å²) in [5.74, 6) is 1.33. The lowest BCUT2D eigenvalue weighted by Crippen LogP contribution is -2.21. The van der Waals surface area contributed by atoms with Crippen LogP contribution in [0, 0.1) is 0 Å². The van der Waals surface area contributed by atoms with Gasteiger partial charge in [0.15, 0.2) is 5.82 Å². The molecule has 1 heterocycles. The van der Waals surface area contributed by atoms with Crippen LogP contribution in [0.5, 0.6) is 0 Å². The summed E-state index contributed by atoms with van der Waals surface area (Å²) in [6.45, 7) is 2.74. The van der Waals surface area contributed by atoms with E-state index in [1.165, 1.54) is 5.56 Å². The van der Waals surface area contributed by atoms with E-state index >= 15 is 0 Å². The van der Waals surface area contributed by atoms with Crippen molar-refractivity contribution in [1.29, 1.82) is 0 Å². The molecule has 5 heteroatoms. The largest absolute Gasteiger partial charge is 0.396 e. The van der Waals surface area contributed by atoms with Crippen LogP contribution in [0.15, 0.2) is 34.9 Å². The van der Waals surface area contributed by atoms with Gasteiger partial charge in [0, 0.05) is 19.1 Å². The molecule has 108 valence electrons. The van der Waals surface area contributed by atoms with Gasteiger partial charge in [0.25, 0.3) is 0 Å². The fraction of sp³-hybridized carbons (Fsp3) is 0.467. The molecule has 0 saturated carbocycles. The molecular weight excluding hydrogens is 254 g/mol. The van der Waals surface area contributed by atoms with Crippen molar-refractivity contribution in [3.63, 3.8) is 0 Å². The Bertz CT molecular complexity index is 499. The van der Waals surface area contributed by atoms with Crippen molar-refractivity contribution in [2.24, 2.45) is 0 Å². The van der Waals surface area contributed by atoms with Gasteiger partial charge in [-0.15, -0.1) is 0 Å². The van der Waals surface area contributed by atoms with Crippen molar-refractivity contribution in [2.75, 3.05) is 6.61 Å². The summed E-state index contributed by atoms with van der Waals surface area (Å²) >= 11 is 0. The highest BCUT2D eigenvalue weighted by molar-refractivity contribution is 5.18. The maximum absolute atomic E-state index is 9.01. The maximum Gasteiger partial charge on any atom is 0.240 e. The second-order valence-corrected chi connectivity index (χ2v) is 4.67. The van der Waals surface area contributed by atoms with Crippen molar-refractivity contribution in [3.05, 3.63) is 47.6 Å². The lowest BCUT2D eigenvalue weighted by atomic mass is 10.0. The molecule has 0 aliphatic carbocycles. The van der Waals surface area contributed by atoms with Gasteiger partial charge in [-0.05, 0) is 18.4 Å². The Morgan fingerprint density at radius 2 is 2.10 bits per heavy atom. The quantitative estimate of drug-likeness (QED) is 0.773. The van der Waals surface area contributed by atoms with E-state index in [1.807, 2.05) is 25.1 Å². The molecule has 0 amide bonds. The minimum atomic E-state index is 0.181. The second kappa shape index (κ2) is 7.77. The van der Waals surface area contributed by atoms with Crippen LogP contribution in [-0.4, -0.2) is 21.9 Å². The average Bonchev–Trinajstić information content (AvgIpc) is 2.96. The molecule has 1 atom stereocenters. The summed E-state index contributed by atoms with van der Waals surface area (Å²) in [5.41, 5.74) is 1.20. The molecule has 1 unspecified atom stereocenters. The van der Waals surface area contributed by atoms with E-state index < -0.39 is 0 Å². The number of benzene rings is 1. The van der Waals surface area contributed by atoms with Gasteiger partial charge >= 0.3 is 0 Å². The van der Waals surface area contributed by atoms with Gasteiger partial charge in [0.1, 0.15) is 0 Å². The molecule has 0 aliphatic heterocycles. The molecule has 2 rings (SSSR count). The predicted molar refractivity (Wildman–Crippen MR) is 76.0 cm³/mol. The zero-order chi connectivity index (χ0) is 14.2. The first-order chi connectivity index (χ1) is 9.83. The fourth-order valence-corrected chi connectivity index (χ4v) is 2.08. The third kappa shape index (κ3) is 4.15. The molecule has 1 aromatic carbocycles. The lowest BCUT2D eigenvalue weighted by Gasteiger charge is -2.17. The lowest BCUT2D eigenvalue weighted by molar-refractivity contribution is 0.272. The zero-order valence-electron chi connectivity index (χ0n) is 11.7. The van der Waals surface area contributed by atoms with Gasteiger partial charge in [0.05, 0.1) is 6.54 Å². The number of aliphatic hydroxyl groups excluding tert-OH is 1. The topological polar surface area (TPSA) is 71.2 Å². The van der Waals surface area contributed by atoms with Gasteiger partial charge in [0.2, 0.25) is 5.89 Å². The highest BCUT2D eigenvalue weighted by Gasteiger charge is 2.12. The molecule has 0 aliphatic rings. The van der Waals surface area contributed by atoms with E-state index in [4.69, 9.17) is 9.63 Å². The van der Waals surface area contributed by atoms with Crippen molar-refractivity contribution in [2.45, 2.75) is 38.8 Å². The molecule has 5 nitrogen and oxygen atoms in total. The summed E-state index contributed by atoms with van der Waals surface area (Å²) in [5, 5.41) is 16.3. The van der Waals surface area contributed by atoms with Crippen LogP contribution in [-0.2, 0) is 13.0 Å². The number of hydrogen-bond donors (Lipinski definition) is 2. The molecule has 1 aromatic heterocycles. The van der Waals surface area contributed by atoms with Crippen molar-refractivity contribution >= 4 is 0 Å². The van der Waals surface area contributed by atoms with E-state index in [0.29, 0.717) is 12.4 Å². The van der Waals surface area contributed by atoms with E-state index in [9.17, 15) is 0 Å². The zero-order valence-corrected chi connectivity index (χ0v) is 11.7. The summed E-state index contributed by atoms with van der Waals surface area (Å²) in [6, 6.07) is 10.4. The van der Waals surface area contributed by atoms with Crippen molar-refractivity contribution < 1.29 is 9.63 Å². The number of aliphatic hydroxyl groups is 1. The summed E-state index contributed by atoms with van der Waals surface area (Å²) in [4.78, 5) is 4.28. The Labute approximate surface area is 119 Å².